The van der Waals surface area contributed by atoms with Crippen LogP contribution in [0.2, 0.25) is 0 Å². The summed E-state index contributed by atoms with van der Waals surface area (Å²) >= 11 is 3.35. The molecular weight excluding hydrogens is 567 g/mol. The highest BCUT2D eigenvalue weighted by Crippen LogP contribution is 2.42. The topological polar surface area (TPSA) is 95.6 Å². The molecule has 2 aliphatic rings. The molecule has 5 rings (SSSR count). The number of anilines is 1. The smallest absolute Gasteiger partial charge is 0.407 e. The Morgan fingerprint density at radius 1 is 1.17 bits per heavy atom. The number of nitrogens with zero attached hydrogens (tertiary/aromatic N) is 2. The summed E-state index contributed by atoms with van der Waals surface area (Å²) in [5.41, 5.74) is 4.10. The van der Waals surface area contributed by atoms with Crippen molar-refractivity contribution >= 4 is 41.1 Å². The Kier molecular flexibility index (Phi) is 9.44. The number of nitrogens with one attached hydrogen (secondary N) is 3. The van der Waals surface area contributed by atoms with Crippen molar-refractivity contribution < 1.29 is 14.3 Å². The fourth-order valence-corrected chi connectivity index (χ4v) is 7.31. The van der Waals surface area contributed by atoms with Gasteiger partial charge in [0.2, 0.25) is 0 Å². The number of carbonyl (C=O) groups excluding carboxylic acids is 2. The SMILES string of the molecule is CC(C)OC(=O)NC1CCC(c2ncc(-c3cc4c(cc3SNC(C)(C)C)NC(=O)N(Cc3ccccc3)C4)s2)CC1. The zero-order valence-corrected chi connectivity index (χ0v) is 26.7. The first-order valence-electron chi connectivity index (χ1n) is 14.7. The Morgan fingerprint density at radius 2 is 1.90 bits per heavy atom. The summed E-state index contributed by atoms with van der Waals surface area (Å²) < 4.78 is 8.80. The van der Waals surface area contributed by atoms with E-state index in [1.165, 1.54) is 0 Å². The van der Waals surface area contributed by atoms with Gasteiger partial charge in [-0.2, -0.15) is 0 Å². The number of thiazole rings is 1. The molecule has 0 radical (unpaired) electrons. The lowest BCUT2D eigenvalue weighted by Crippen LogP contribution is -2.38. The van der Waals surface area contributed by atoms with Crippen molar-refractivity contribution in [1.29, 1.82) is 0 Å². The molecular formula is C32H41N5O3S2. The number of carbonyl (C=O) groups is 2. The van der Waals surface area contributed by atoms with Gasteiger partial charge in [0.1, 0.15) is 0 Å². The van der Waals surface area contributed by atoms with Crippen molar-refractivity contribution in [3.05, 3.63) is 64.8 Å². The number of urea groups is 1. The van der Waals surface area contributed by atoms with Gasteiger partial charge in [0.25, 0.3) is 0 Å². The van der Waals surface area contributed by atoms with Crippen LogP contribution in [0.1, 0.15) is 82.4 Å². The number of aromatic nitrogens is 1. The lowest BCUT2D eigenvalue weighted by molar-refractivity contribution is 0.109. The minimum Gasteiger partial charge on any atom is -0.447 e. The molecule has 1 aliphatic heterocycles. The summed E-state index contributed by atoms with van der Waals surface area (Å²) in [7, 11) is 0. The van der Waals surface area contributed by atoms with Crippen LogP contribution in [0, 0.1) is 0 Å². The lowest BCUT2D eigenvalue weighted by atomic mass is 9.86. The van der Waals surface area contributed by atoms with Crippen molar-refractivity contribution in [3.8, 4) is 10.4 Å². The van der Waals surface area contributed by atoms with E-state index < -0.39 is 0 Å². The summed E-state index contributed by atoms with van der Waals surface area (Å²) in [5.74, 6) is 0.380. The first kappa shape index (κ1) is 30.4. The molecule has 0 spiro atoms. The average Bonchev–Trinajstić information content (AvgIpc) is 3.42. The number of ether oxygens (including phenoxy) is 1. The third kappa shape index (κ3) is 7.85. The van der Waals surface area contributed by atoms with Crippen LogP contribution in [-0.2, 0) is 17.8 Å². The van der Waals surface area contributed by atoms with Crippen LogP contribution in [0.3, 0.4) is 0 Å². The molecule has 1 saturated carbocycles. The van der Waals surface area contributed by atoms with E-state index in [-0.39, 0.29) is 29.8 Å². The van der Waals surface area contributed by atoms with E-state index in [4.69, 9.17) is 9.72 Å². The van der Waals surface area contributed by atoms with Gasteiger partial charge in [0.15, 0.2) is 0 Å². The van der Waals surface area contributed by atoms with Crippen molar-refractivity contribution in [3.63, 3.8) is 0 Å². The maximum absolute atomic E-state index is 13.0. The molecule has 0 unspecified atom stereocenters. The van der Waals surface area contributed by atoms with E-state index in [0.717, 1.165) is 62.8 Å². The largest absolute Gasteiger partial charge is 0.447 e. The molecule has 2 heterocycles. The van der Waals surface area contributed by atoms with Crippen LogP contribution < -0.4 is 15.4 Å². The first-order valence-corrected chi connectivity index (χ1v) is 16.3. The molecule has 2 aromatic carbocycles. The standard InChI is InChI=1S/C32H41N5O3S2/c1-20(2)40-31(39)34-24-13-11-22(12-14-24)29-33-17-28(41-29)25-15-23-19-37(18-21-9-7-6-8-10-21)30(38)35-26(23)16-27(25)42-36-32(3,4)5/h6-10,15-17,20,22,24,36H,11-14,18-19H2,1-5H3,(H,34,39)(H,35,38). The molecule has 3 N–H and O–H groups in total. The second-order valence-electron chi connectivity index (χ2n) is 12.4. The van der Waals surface area contributed by atoms with Crippen LogP contribution in [0.4, 0.5) is 15.3 Å². The van der Waals surface area contributed by atoms with Crippen molar-refractivity contribution in [2.75, 3.05) is 5.32 Å². The van der Waals surface area contributed by atoms with Crippen molar-refractivity contribution in [2.24, 2.45) is 0 Å². The Hall–Kier alpha value is -3.08. The molecule has 1 fully saturated rings. The third-order valence-corrected chi connectivity index (χ3v) is 9.77. The predicted octanol–water partition coefficient (Wildman–Crippen LogP) is 7.91. The molecule has 1 aromatic heterocycles. The van der Waals surface area contributed by atoms with Gasteiger partial charge in [0.05, 0.1) is 16.0 Å². The minimum atomic E-state index is -0.329. The summed E-state index contributed by atoms with van der Waals surface area (Å²) in [6.07, 6.45) is 5.34. The van der Waals surface area contributed by atoms with E-state index >= 15 is 0 Å². The highest BCUT2D eigenvalue weighted by Gasteiger charge is 2.28. The van der Waals surface area contributed by atoms with Gasteiger partial charge >= 0.3 is 12.1 Å². The quantitative estimate of drug-likeness (QED) is 0.225. The van der Waals surface area contributed by atoms with Crippen molar-refractivity contribution in [2.45, 2.75) is 102 Å². The molecule has 0 saturated heterocycles. The molecule has 42 heavy (non-hydrogen) atoms. The van der Waals surface area contributed by atoms with E-state index in [1.54, 1.807) is 23.3 Å². The Labute approximate surface area is 257 Å². The van der Waals surface area contributed by atoms with E-state index in [2.05, 4.69) is 48.3 Å². The summed E-state index contributed by atoms with van der Waals surface area (Å²) in [4.78, 5) is 34.0. The Morgan fingerprint density at radius 3 is 2.60 bits per heavy atom. The third-order valence-electron chi connectivity index (χ3n) is 7.31. The lowest BCUT2D eigenvalue weighted by Gasteiger charge is -2.30. The number of amides is 3. The molecule has 3 aromatic rings. The van der Waals surface area contributed by atoms with Crippen LogP contribution in [0.25, 0.3) is 10.4 Å². The molecule has 0 atom stereocenters. The second kappa shape index (κ2) is 13.1. The second-order valence-corrected chi connectivity index (χ2v) is 14.4. The molecule has 224 valence electrons. The van der Waals surface area contributed by atoms with Gasteiger partial charge < -0.3 is 20.3 Å². The number of benzene rings is 2. The molecule has 8 nitrogen and oxygen atoms in total. The van der Waals surface area contributed by atoms with E-state index in [0.29, 0.717) is 19.0 Å². The highest BCUT2D eigenvalue weighted by molar-refractivity contribution is 7.97. The van der Waals surface area contributed by atoms with Crippen LogP contribution in [0.15, 0.2) is 53.6 Å². The van der Waals surface area contributed by atoms with Gasteiger partial charge in [-0.25, -0.2) is 14.6 Å². The normalized spacial score (nSPS) is 18.9. The van der Waals surface area contributed by atoms with Crippen LogP contribution >= 0.6 is 23.3 Å². The van der Waals surface area contributed by atoms with Gasteiger partial charge in [-0.05, 0) is 95.5 Å². The number of hydrogen-bond donors (Lipinski definition) is 3. The number of hydrogen-bond acceptors (Lipinski definition) is 7. The summed E-state index contributed by atoms with van der Waals surface area (Å²) in [5, 5.41) is 7.29. The molecule has 0 bridgehead atoms. The van der Waals surface area contributed by atoms with E-state index in [1.807, 2.05) is 55.3 Å². The van der Waals surface area contributed by atoms with Crippen molar-refractivity contribution in [1.82, 2.24) is 19.9 Å². The zero-order valence-electron chi connectivity index (χ0n) is 25.0. The molecule has 10 heteroatoms. The van der Waals surface area contributed by atoms with Gasteiger partial charge in [-0.3, -0.25) is 4.72 Å². The monoisotopic (exact) mass is 607 g/mol. The van der Waals surface area contributed by atoms with Crippen LogP contribution in [-0.4, -0.2) is 39.7 Å². The zero-order chi connectivity index (χ0) is 29.9. The van der Waals surface area contributed by atoms with Crippen LogP contribution in [0.5, 0.6) is 0 Å². The minimum absolute atomic E-state index is 0.0820. The van der Waals surface area contributed by atoms with Gasteiger partial charge in [-0.15, -0.1) is 11.3 Å². The maximum atomic E-state index is 13.0. The van der Waals surface area contributed by atoms with E-state index in [9.17, 15) is 9.59 Å². The molecule has 3 amide bonds. The number of fused-ring (bicyclic) bond motifs is 1. The number of alkyl carbamates (subject to hydrolysis) is 1. The maximum Gasteiger partial charge on any atom is 0.407 e. The fourth-order valence-electron chi connectivity index (χ4n) is 5.26. The highest BCUT2D eigenvalue weighted by atomic mass is 32.2. The van der Waals surface area contributed by atoms with Gasteiger partial charge in [-0.1, -0.05) is 30.3 Å². The predicted molar refractivity (Wildman–Crippen MR) is 171 cm³/mol. The first-order chi connectivity index (χ1) is 20.0. The van der Waals surface area contributed by atoms with Gasteiger partial charge in [0, 0.05) is 52.9 Å². The average molecular weight is 608 g/mol. The molecule has 1 aliphatic carbocycles. The Balaban J connectivity index is 1.34. The number of rotatable bonds is 8. The fraction of sp³-hybridized carbons (Fsp3) is 0.469. The Bertz CT molecular complexity index is 1390. The summed E-state index contributed by atoms with van der Waals surface area (Å²) in [6.45, 7) is 11.2. The summed E-state index contributed by atoms with van der Waals surface area (Å²) in [6, 6.07) is 14.5.